The highest BCUT2D eigenvalue weighted by Crippen LogP contribution is 2.31. The van der Waals surface area contributed by atoms with Crippen molar-refractivity contribution in [2.24, 2.45) is 0 Å². The molecule has 1 N–H and O–H groups in total. The van der Waals surface area contributed by atoms with E-state index in [1.807, 2.05) is 20.8 Å². The fourth-order valence-corrected chi connectivity index (χ4v) is 1.62. The molecule has 16 heavy (non-hydrogen) atoms. The number of methoxy groups -OCH3 is 1. The first kappa shape index (κ1) is 13.0. The molecule has 0 aromatic heterocycles. The van der Waals surface area contributed by atoms with E-state index in [4.69, 9.17) is 4.74 Å². The molecule has 0 saturated heterocycles. The second kappa shape index (κ2) is 4.83. The van der Waals surface area contributed by atoms with Gasteiger partial charge in [-0.2, -0.15) is 0 Å². The van der Waals surface area contributed by atoms with E-state index in [0.717, 1.165) is 5.56 Å². The van der Waals surface area contributed by atoms with Gasteiger partial charge in [-0.3, -0.25) is 0 Å². The molecule has 0 aliphatic rings. The van der Waals surface area contributed by atoms with Crippen LogP contribution in [-0.2, 0) is 11.8 Å². The lowest BCUT2D eigenvalue weighted by Crippen LogP contribution is -2.22. The third-order valence-electron chi connectivity index (χ3n) is 2.90. The first-order valence-corrected chi connectivity index (χ1v) is 5.44. The van der Waals surface area contributed by atoms with Crippen molar-refractivity contribution in [1.82, 2.24) is 0 Å². The maximum Gasteiger partial charge on any atom is 0.130 e. The summed E-state index contributed by atoms with van der Waals surface area (Å²) in [6.07, 6.45) is 0.592. The van der Waals surface area contributed by atoms with Gasteiger partial charge in [-0.1, -0.05) is 20.8 Å². The third kappa shape index (κ3) is 2.35. The summed E-state index contributed by atoms with van der Waals surface area (Å²) in [6, 6.07) is 3.29. The van der Waals surface area contributed by atoms with Crippen LogP contribution in [0.4, 0.5) is 4.39 Å². The van der Waals surface area contributed by atoms with Gasteiger partial charge in [0.05, 0.1) is 13.7 Å². The molecule has 1 rings (SSSR count). The molecule has 0 atom stereocenters. The van der Waals surface area contributed by atoms with Crippen molar-refractivity contribution in [2.75, 3.05) is 13.7 Å². The Morgan fingerprint density at radius 1 is 1.38 bits per heavy atom. The molecule has 0 saturated carbocycles. The highest BCUT2D eigenvalue weighted by molar-refractivity contribution is 5.41. The van der Waals surface area contributed by atoms with E-state index in [0.29, 0.717) is 17.7 Å². The number of aliphatic hydroxyl groups excluding tert-OH is 1. The second-order valence-electron chi connectivity index (χ2n) is 4.53. The Labute approximate surface area is 96.1 Å². The molecule has 0 aliphatic heterocycles. The Balaban J connectivity index is 3.31. The van der Waals surface area contributed by atoms with Crippen LogP contribution in [0, 0.1) is 5.82 Å². The minimum Gasteiger partial charge on any atom is -0.496 e. The number of ether oxygens (including phenoxy) is 1. The lowest BCUT2D eigenvalue weighted by atomic mass is 9.84. The minimum absolute atomic E-state index is 0.0267. The van der Waals surface area contributed by atoms with Crippen LogP contribution < -0.4 is 4.74 Å². The van der Waals surface area contributed by atoms with E-state index < -0.39 is 5.41 Å². The van der Waals surface area contributed by atoms with Gasteiger partial charge < -0.3 is 9.84 Å². The number of aliphatic hydroxyl groups is 1. The van der Waals surface area contributed by atoms with Crippen LogP contribution in [-0.4, -0.2) is 18.8 Å². The number of hydrogen-bond acceptors (Lipinski definition) is 2. The van der Waals surface area contributed by atoms with Crippen molar-refractivity contribution >= 4 is 0 Å². The van der Waals surface area contributed by atoms with Gasteiger partial charge in [0, 0.05) is 11.0 Å². The second-order valence-corrected chi connectivity index (χ2v) is 4.53. The number of hydrogen-bond donors (Lipinski definition) is 1. The van der Waals surface area contributed by atoms with Crippen molar-refractivity contribution in [3.05, 3.63) is 29.1 Å². The molecule has 0 spiro atoms. The molecule has 0 fully saturated rings. The van der Waals surface area contributed by atoms with Crippen molar-refractivity contribution in [2.45, 2.75) is 32.6 Å². The molecule has 0 heterocycles. The number of rotatable bonds is 4. The fraction of sp³-hybridized carbons (Fsp3) is 0.538. The predicted molar refractivity (Wildman–Crippen MR) is 62.4 cm³/mol. The van der Waals surface area contributed by atoms with Gasteiger partial charge in [0.2, 0.25) is 0 Å². The monoisotopic (exact) mass is 226 g/mol. The standard InChI is InChI=1S/C13H19FO2/c1-5-10-11(14)6-9(7-12(10)16-4)13(2,3)8-15/h6-7,15H,5,8H2,1-4H3. The zero-order valence-corrected chi connectivity index (χ0v) is 10.3. The Morgan fingerprint density at radius 2 is 2.00 bits per heavy atom. The zero-order valence-electron chi connectivity index (χ0n) is 10.3. The van der Waals surface area contributed by atoms with Gasteiger partial charge in [-0.25, -0.2) is 4.39 Å². The number of benzene rings is 1. The average molecular weight is 226 g/mol. The fourth-order valence-electron chi connectivity index (χ4n) is 1.62. The zero-order chi connectivity index (χ0) is 12.3. The van der Waals surface area contributed by atoms with Gasteiger partial charge >= 0.3 is 0 Å². The van der Waals surface area contributed by atoms with E-state index in [1.165, 1.54) is 13.2 Å². The first-order valence-electron chi connectivity index (χ1n) is 5.44. The first-order chi connectivity index (χ1) is 7.46. The minimum atomic E-state index is -0.458. The predicted octanol–water partition coefficient (Wildman–Crippen LogP) is 2.67. The van der Waals surface area contributed by atoms with Gasteiger partial charge in [0.15, 0.2) is 0 Å². The van der Waals surface area contributed by atoms with Crippen molar-refractivity contribution < 1.29 is 14.2 Å². The molecule has 0 bridgehead atoms. The third-order valence-corrected chi connectivity index (χ3v) is 2.90. The van der Waals surface area contributed by atoms with E-state index in [1.54, 1.807) is 6.07 Å². The van der Waals surface area contributed by atoms with Crippen LogP contribution in [0.15, 0.2) is 12.1 Å². The molecular formula is C13H19FO2. The molecule has 0 unspecified atom stereocenters. The highest BCUT2D eigenvalue weighted by atomic mass is 19.1. The summed E-state index contributed by atoms with van der Waals surface area (Å²) >= 11 is 0. The molecule has 0 amide bonds. The smallest absolute Gasteiger partial charge is 0.130 e. The normalized spacial score (nSPS) is 11.6. The lowest BCUT2D eigenvalue weighted by molar-refractivity contribution is 0.217. The van der Waals surface area contributed by atoms with E-state index >= 15 is 0 Å². The SMILES string of the molecule is CCc1c(F)cc(C(C)(C)CO)cc1OC. The largest absolute Gasteiger partial charge is 0.496 e. The van der Waals surface area contributed by atoms with Crippen LogP contribution >= 0.6 is 0 Å². The summed E-state index contributed by atoms with van der Waals surface area (Å²) in [4.78, 5) is 0. The van der Waals surface area contributed by atoms with Gasteiger partial charge in [-0.15, -0.1) is 0 Å². The van der Waals surface area contributed by atoms with Crippen LogP contribution in [0.3, 0.4) is 0 Å². The Bertz CT molecular complexity index is 372. The van der Waals surface area contributed by atoms with Crippen molar-refractivity contribution in [3.63, 3.8) is 0 Å². The average Bonchev–Trinajstić information content (AvgIpc) is 2.27. The van der Waals surface area contributed by atoms with Gasteiger partial charge in [0.25, 0.3) is 0 Å². The molecule has 90 valence electrons. The molecular weight excluding hydrogens is 207 g/mol. The molecule has 1 aromatic rings. The molecule has 0 radical (unpaired) electrons. The quantitative estimate of drug-likeness (QED) is 0.855. The summed E-state index contributed by atoms with van der Waals surface area (Å²) in [6.45, 7) is 5.60. The van der Waals surface area contributed by atoms with Gasteiger partial charge in [-0.05, 0) is 24.1 Å². The van der Waals surface area contributed by atoms with Crippen LogP contribution in [0.2, 0.25) is 0 Å². The Kier molecular flexibility index (Phi) is 3.92. The topological polar surface area (TPSA) is 29.5 Å². The summed E-state index contributed by atoms with van der Waals surface area (Å²) in [5.41, 5.74) is 0.877. The van der Waals surface area contributed by atoms with E-state index in [2.05, 4.69) is 0 Å². The van der Waals surface area contributed by atoms with E-state index in [-0.39, 0.29) is 12.4 Å². The summed E-state index contributed by atoms with van der Waals surface area (Å²) in [7, 11) is 1.53. The van der Waals surface area contributed by atoms with Crippen molar-refractivity contribution in [3.8, 4) is 5.75 Å². The lowest BCUT2D eigenvalue weighted by Gasteiger charge is -2.23. The molecule has 2 nitrogen and oxygen atoms in total. The van der Waals surface area contributed by atoms with E-state index in [9.17, 15) is 9.50 Å². The van der Waals surface area contributed by atoms with Crippen LogP contribution in [0.1, 0.15) is 31.9 Å². The molecule has 0 aliphatic carbocycles. The number of halogens is 1. The maximum atomic E-state index is 13.8. The summed E-state index contributed by atoms with van der Waals surface area (Å²) in [5.74, 6) is 0.289. The Hall–Kier alpha value is -1.09. The van der Waals surface area contributed by atoms with Crippen LogP contribution in [0.5, 0.6) is 5.75 Å². The molecule has 3 heteroatoms. The van der Waals surface area contributed by atoms with Gasteiger partial charge in [0.1, 0.15) is 11.6 Å². The summed E-state index contributed by atoms with van der Waals surface area (Å²) < 4.78 is 19.0. The summed E-state index contributed by atoms with van der Waals surface area (Å²) in [5, 5.41) is 9.27. The highest BCUT2D eigenvalue weighted by Gasteiger charge is 2.22. The van der Waals surface area contributed by atoms with Crippen LogP contribution in [0.25, 0.3) is 0 Å². The van der Waals surface area contributed by atoms with Crippen molar-refractivity contribution in [1.29, 1.82) is 0 Å². The molecule has 1 aromatic carbocycles. The Morgan fingerprint density at radius 3 is 2.44 bits per heavy atom. The maximum absolute atomic E-state index is 13.8.